The predicted octanol–water partition coefficient (Wildman–Crippen LogP) is 2.04. The van der Waals surface area contributed by atoms with Crippen molar-refractivity contribution in [3.63, 3.8) is 0 Å². The van der Waals surface area contributed by atoms with Gasteiger partial charge in [0, 0.05) is 6.54 Å². The van der Waals surface area contributed by atoms with Crippen LogP contribution in [0.25, 0.3) is 0 Å². The Labute approximate surface area is 117 Å². The van der Waals surface area contributed by atoms with Crippen LogP contribution in [0.3, 0.4) is 0 Å². The highest BCUT2D eigenvalue weighted by Crippen LogP contribution is 2.41. The van der Waals surface area contributed by atoms with Crippen LogP contribution in [0.5, 0.6) is 0 Å². The zero-order valence-corrected chi connectivity index (χ0v) is 13.0. The second kappa shape index (κ2) is 7.85. The normalized spacial score (nSPS) is 18.4. The lowest BCUT2D eigenvalue weighted by atomic mass is 9.91. The summed E-state index contributed by atoms with van der Waals surface area (Å²) in [5.41, 5.74) is -0.492. The molecule has 1 aliphatic carbocycles. The molecule has 1 rings (SSSR count). The van der Waals surface area contributed by atoms with E-state index >= 15 is 0 Å². The standard InChI is InChI=1S/C15H30N2O2/c1-5-10-17(11-6-2)12-15(16-7-3,13-8-9-13)14(18)19-4/h13,16H,5-12H2,1-4H3. The first-order valence-electron chi connectivity index (χ1n) is 7.70. The van der Waals surface area contributed by atoms with Crippen molar-refractivity contribution < 1.29 is 9.53 Å². The summed E-state index contributed by atoms with van der Waals surface area (Å²) in [6.45, 7) is 10.1. The lowest BCUT2D eigenvalue weighted by molar-refractivity contribution is -0.150. The van der Waals surface area contributed by atoms with Crippen LogP contribution in [0.1, 0.15) is 46.5 Å². The highest BCUT2D eigenvalue weighted by atomic mass is 16.5. The molecule has 0 aromatic carbocycles. The SMILES string of the molecule is CCCN(CCC)CC(NCC)(C(=O)OC)C1CC1. The van der Waals surface area contributed by atoms with Gasteiger partial charge in [0.25, 0.3) is 0 Å². The fourth-order valence-electron chi connectivity index (χ4n) is 2.96. The van der Waals surface area contributed by atoms with Crippen LogP contribution >= 0.6 is 0 Å². The highest BCUT2D eigenvalue weighted by molar-refractivity contribution is 5.82. The van der Waals surface area contributed by atoms with E-state index in [1.165, 1.54) is 7.11 Å². The first kappa shape index (κ1) is 16.4. The Morgan fingerprint density at radius 2 is 1.84 bits per heavy atom. The molecule has 0 saturated heterocycles. The van der Waals surface area contributed by atoms with E-state index in [-0.39, 0.29) is 5.97 Å². The molecule has 1 unspecified atom stereocenters. The molecule has 112 valence electrons. The topological polar surface area (TPSA) is 41.6 Å². The number of ether oxygens (including phenoxy) is 1. The molecule has 4 nitrogen and oxygen atoms in total. The smallest absolute Gasteiger partial charge is 0.327 e. The average molecular weight is 270 g/mol. The van der Waals surface area contributed by atoms with Crippen molar-refractivity contribution in [2.75, 3.05) is 33.3 Å². The number of nitrogens with zero attached hydrogens (tertiary/aromatic N) is 1. The number of carbonyl (C=O) groups is 1. The number of esters is 1. The molecule has 1 atom stereocenters. The van der Waals surface area contributed by atoms with Crippen molar-refractivity contribution in [2.24, 2.45) is 5.92 Å². The molecule has 0 heterocycles. The van der Waals surface area contributed by atoms with Gasteiger partial charge < -0.3 is 15.0 Å². The van der Waals surface area contributed by atoms with Gasteiger partial charge in [-0.3, -0.25) is 0 Å². The molecule has 4 heteroatoms. The zero-order valence-electron chi connectivity index (χ0n) is 13.0. The Hall–Kier alpha value is -0.610. The number of rotatable bonds is 10. The number of likely N-dealkylation sites (N-methyl/N-ethyl adjacent to an activating group) is 1. The van der Waals surface area contributed by atoms with Crippen molar-refractivity contribution in [2.45, 2.75) is 52.0 Å². The molecule has 1 saturated carbocycles. The van der Waals surface area contributed by atoms with Gasteiger partial charge in [-0.2, -0.15) is 0 Å². The van der Waals surface area contributed by atoms with Gasteiger partial charge in [0.1, 0.15) is 5.54 Å². The molecule has 0 spiro atoms. The zero-order chi connectivity index (χ0) is 14.3. The molecule has 1 N–H and O–H groups in total. The van der Waals surface area contributed by atoms with Gasteiger partial charge in [-0.25, -0.2) is 4.79 Å². The molecule has 1 aliphatic rings. The minimum Gasteiger partial charge on any atom is -0.468 e. The van der Waals surface area contributed by atoms with Crippen LogP contribution < -0.4 is 5.32 Å². The van der Waals surface area contributed by atoms with E-state index in [9.17, 15) is 4.79 Å². The fraction of sp³-hybridized carbons (Fsp3) is 0.933. The van der Waals surface area contributed by atoms with E-state index in [0.29, 0.717) is 5.92 Å². The second-order valence-corrected chi connectivity index (χ2v) is 5.54. The third-order valence-electron chi connectivity index (χ3n) is 3.87. The van der Waals surface area contributed by atoms with E-state index in [4.69, 9.17) is 4.74 Å². The van der Waals surface area contributed by atoms with E-state index < -0.39 is 5.54 Å². The van der Waals surface area contributed by atoms with Gasteiger partial charge in [0.15, 0.2) is 0 Å². The molecular weight excluding hydrogens is 240 g/mol. The van der Waals surface area contributed by atoms with Crippen molar-refractivity contribution in [1.82, 2.24) is 10.2 Å². The minimum absolute atomic E-state index is 0.0888. The van der Waals surface area contributed by atoms with Crippen LogP contribution in [0.15, 0.2) is 0 Å². The van der Waals surface area contributed by atoms with Gasteiger partial charge in [0.2, 0.25) is 0 Å². The second-order valence-electron chi connectivity index (χ2n) is 5.54. The lowest BCUT2D eigenvalue weighted by Crippen LogP contribution is -2.61. The monoisotopic (exact) mass is 270 g/mol. The highest BCUT2D eigenvalue weighted by Gasteiger charge is 2.52. The minimum atomic E-state index is -0.492. The van der Waals surface area contributed by atoms with Crippen LogP contribution in [0.2, 0.25) is 0 Å². The summed E-state index contributed by atoms with van der Waals surface area (Å²) >= 11 is 0. The Kier molecular flexibility index (Phi) is 6.80. The van der Waals surface area contributed by atoms with E-state index in [1.807, 2.05) is 0 Å². The first-order chi connectivity index (χ1) is 9.14. The maximum Gasteiger partial charge on any atom is 0.327 e. The third kappa shape index (κ3) is 4.18. The number of carbonyl (C=O) groups excluding carboxylic acids is 1. The lowest BCUT2D eigenvalue weighted by Gasteiger charge is -2.37. The summed E-state index contributed by atoms with van der Waals surface area (Å²) in [5, 5.41) is 3.44. The molecule has 0 aliphatic heterocycles. The van der Waals surface area contributed by atoms with Gasteiger partial charge in [-0.1, -0.05) is 20.8 Å². The quantitative estimate of drug-likeness (QED) is 0.617. The fourth-order valence-corrected chi connectivity index (χ4v) is 2.96. The molecule has 0 aromatic rings. The van der Waals surface area contributed by atoms with E-state index in [1.54, 1.807) is 0 Å². The van der Waals surface area contributed by atoms with Gasteiger partial charge in [-0.05, 0) is 51.2 Å². The number of hydrogen-bond donors (Lipinski definition) is 1. The predicted molar refractivity (Wildman–Crippen MR) is 78.2 cm³/mol. The van der Waals surface area contributed by atoms with Crippen LogP contribution in [-0.2, 0) is 9.53 Å². The third-order valence-corrected chi connectivity index (χ3v) is 3.87. The van der Waals surface area contributed by atoms with Crippen molar-refractivity contribution in [3.05, 3.63) is 0 Å². The summed E-state index contributed by atoms with van der Waals surface area (Å²) in [6, 6.07) is 0. The Balaban J connectivity index is 2.84. The average Bonchev–Trinajstić information content (AvgIpc) is 3.22. The molecule has 0 radical (unpaired) electrons. The first-order valence-corrected chi connectivity index (χ1v) is 7.70. The Morgan fingerprint density at radius 3 is 2.21 bits per heavy atom. The summed E-state index contributed by atoms with van der Waals surface area (Å²) in [4.78, 5) is 14.7. The molecule has 19 heavy (non-hydrogen) atoms. The van der Waals surface area contributed by atoms with Crippen LogP contribution in [0.4, 0.5) is 0 Å². The maximum atomic E-state index is 12.3. The van der Waals surface area contributed by atoms with E-state index in [0.717, 1.165) is 51.9 Å². The van der Waals surface area contributed by atoms with Crippen molar-refractivity contribution in [3.8, 4) is 0 Å². The molecule has 1 fully saturated rings. The maximum absolute atomic E-state index is 12.3. The Morgan fingerprint density at radius 1 is 1.26 bits per heavy atom. The summed E-state index contributed by atoms with van der Waals surface area (Å²) in [5.74, 6) is 0.352. The number of methoxy groups -OCH3 is 1. The van der Waals surface area contributed by atoms with Gasteiger partial charge in [0.05, 0.1) is 7.11 Å². The summed E-state index contributed by atoms with van der Waals surface area (Å²) in [7, 11) is 1.50. The molecule has 0 amide bonds. The van der Waals surface area contributed by atoms with Crippen LogP contribution in [0, 0.1) is 5.92 Å². The molecule has 0 bridgehead atoms. The number of hydrogen-bond acceptors (Lipinski definition) is 4. The van der Waals surface area contributed by atoms with E-state index in [2.05, 4.69) is 31.0 Å². The summed E-state index contributed by atoms with van der Waals surface area (Å²) in [6.07, 6.45) is 4.50. The summed E-state index contributed by atoms with van der Waals surface area (Å²) < 4.78 is 5.10. The van der Waals surface area contributed by atoms with Crippen molar-refractivity contribution >= 4 is 5.97 Å². The largest absolute Gasteiger partial charge is 0.468 e. The Bertz CT molecular complexity index is 273. The van der Waals surface area contributed by atoms with Crippen LogP contribution in [-0.4, -0.2) is 49.7 Å². The number of nitrogens with one attached hydrogen (secondary N) is 1. The van der Waals surface area contributed by atoms with Gasteiger partial charge >= 0.3 is 5.97 Å². The van der Waals surface area contributed by atoms with Crippen molar-refractivity contribution in [1.29, 1.82) is 0 Å². The van der Waals surface area contributed by atoms with Gasteiger partial charge in [-0.15, -0.1) is 0 Å². The molecular formula is C15H30N2O2. The molecule has 0 aromatic heterocycles.